The van der Waals surface area contributed by atoms with Crippen LogP contribution in [0.4, 0.5) is 4.79 Å². The van der Waals surface area contributed by atoms with E-state index in [1.807, 2.05) is 20.8 Å². The Balaban J connectivity index is 0.000000982. The molecule has 0 spiro atoms. The van der Waals surface area contributed by atoms with Gasteiger partial charge in [0.2, 0.25) is 0 Å². The molecule has 0 N–H and O–H groups in total. The summed E-state index contributed by atoms with van der Waals surface area (Å²) >= 11 is 0. The lowest BCUT2D eigenvalue weighted by molar-refractivity contribution is -0.191. The zero-order valence-corrected chi connectivity index (χ0v) is 12.1. The number of hydrogen-bond acceptors (Lipinski definition) is 5. The third-order valence-electron chi connectivity index (χ3n) is 2.35. The van der Waals surface area contributed by atoms with Crippen LogP contribution < -0.4 is 0 Å². The first kappa shape index (κ1) is 17.6. The normalized spacial score (nSPS) is 18.3. The maximum absolute atomic E-state index is 11.7. The molecule has 0 aromatic carbocycles. The van der Waals surface area contributed by atoms with Crippen molar-refractivity contribution in [2.24, 2.45) is 0 Å². The van der Waals surface area contributed by atoms with Gasteiger partial charge in [0, 0.05) is 13.2 Å². The van der Waals surface area contributed by atoms with Crippen molar-refractivity contribution in [1.82, 2.24) is 4.90 Å². The highest BCUT2D eigenvalue weighted by atomic mass is 16.6. The number of carbonyl (C=O) groups excluding carboxylic acids is 3. The molecule has 1 fully saturated rings. The molecule has 19 heavy (non-hydrogen) atoms. The van der Waals surface area contributed by atoms with Crippen LogP contribution in [0.15, 0.2) is 0 Å². The van der Waals surface area contributed by atoms with E-state index >= 15 is 0 Å². The van der Waals surface area contributed by atoms with Gasteiger partial charge in [0.1, 0.15) is 5.60 Å². The van der Waals surface area contributed by atoms with Gasteiger partial charge in [0.05, 0.1) is 12.6 Å². The predicted octanol–water partition coefficient (Wildman–Crippen LogP) is 1.84. The summed E-state index contributed by atoms with van der Waals surface area (Å²) < 4.78 is 10.9. The topological polar surface area (TPSA) is 72.9 Å². The van der Waals surface area contributed by atoms with Gasteiger partial charge in [-0.1, -0.05) is 6.92 Å². The fourth-order valence-corrected chi connectivity index (χ4v) is 1.64. The van der Waals surface area contributed by atoms with E-state index in [1.54, 1.807) is 4.90 Å². The average Bonchev–Trinajstić information content (AvgIpc) is 2.73. The maximum atomic E-state index is 11.7. The van der Waals surface area contributed by atoms with Gasteiger partial charge in [-0.05, 0) is 33.6 Å². The molecule has 1 aliphatic heterocycles. The highest BCUT2D eigenvalue weighted by Crippen LogP contribution is 2.17. The SMILES string of the molecule is CCCO[C@H]1CCN(C(=O)OC(C)(C)C)C1.O=C=O. The van der Waals surface area contributed by atoms with Crippen LogP contribution in [-0.2, 0) is 19.1 Å². The molecule has 0 aromatic rings. The van der Waals surface area contributed by atoms with Crippen molar-refractivity contribution in [3.05, 3.63) is 0 Å². The monoisotopic (exact) mass is 273 g/mol. The van der Waals surface area contributed by atoms with Crippen molar-refractivity contribution in [2.45, 2.75) is 52.2 Å². The van der Waals surface area contributed by atoms with Gasteiger partial charge in [0.15, 0.2) is 0 Å². The van der Waals surface area contributed by atoms with Crippen molar-refractivity contribution in [3.63, 3.8) is 0 Å². The first-order valence-electron chi connectivity index (χ1n) is 6.42. The van der Waals surface area contributed by atoms with Gasteiger partial charge < -0.3 is 14.4 Å². The molecule has 1 heterocycles. The molecule has 6 nitrogen and oxygen atoms in total. The van der Waals surface area contributed by atoms with Crippen LogP contribution in [0.25, 0.3) is 0 Å². The summed E-state index contributed by atoms with van der Waals surface area (Å²) in [5, 5.41) is 0. The zero-order valence-electron chi connectivity index (χ0n) is 12.1. The Hall–Kier alpha value is -1.39. The summed E-state index contributed by atoms with van der Waals surface area (Å²) in [6, 6.07) is 0. The standard InChI is InChI=1S/C12H23NO3.CO2/c1-5-8-15-10-6-7-13(9-10)11(14)16-12(2,3)4;2-1-3/h10H,5-9H2,1-4H3;/t10-;/m0./s1. The molecule has 0 unspecified atom stereocenters. The van der Waals surface area contributed by atoms with Gasteiger partial charge in [-0.15, -0.1) is 0 Å². The molecule has 0 aliphatic carbocycles. The Morgan fingerprint density at radius 1 is 1.37 bits per heavy atom. The van der Waals surface area contributed by atoms with Crippen LogP contribution in [0.1, 0.15) is 40.5 Å². The van der Waals surface area contributed by atoms with E-state index in [1.165, 1.54) is 0 Å². The van der Waals surface area contributed by atoms with Gasteiger partial charge in [-0.25, -0.2) is 4.79 Å². The van der Waals surface area contributed by atoms with Crippen LogP contribution in [0.2, 0.25) is 0 Å². The van der Waals surface area contributed by atoms with Crippen LogP contribution in [-0.4, -0.2) is 48.5 Å². The summed E-state index contributed by atoms with van der Waals surface area (Å²) in [4.78, 5) is 29.7. The number of carbonyl (C=O) groups is 1. The molecular weight excluding hydrogens is 250 g/mol. The second kappa shape index (κ2) is 8.67. The number of likely N-dealkylation sites (tertiary alicyclic amines) is 1. The molecule has 0 aromatic heterocycles. The van der Waals surface area contributed by atoms with E-state index in [0.717, 1.165) is 26.0 Å². The van der Waals surface area contributed by atoms with Crippen LogP contribution in [0.5, 0.6) is 0 Å². The second-order valence-electron chi connectivity index (χ2n) is 5.29. The smallest absolute Gasteiger partial charge is 0.410 e. The number of ether oxygens (including phenoxy) is 2. The van der Waals surface area contributed by atoms with E-state index in [4.69, 9.17) is 19.1 Å². The quantitative estimate of drug-likeness (QED) is 0.784. The number of nitrogens with zero attached hydrogens (tertiary/aromatic N) is 1. The minimum Gasteiger partial charge on any atom is -0.444 e. The molecule has 1 amide bonds. The molecule has 1 atom stereocenters. The van der Waals surface area contributed by atoms with E-state index in [2.05, 4.69) is 6.92 Å². The van der Waals surface area contributed by atoms with Crippen LogP contribution >= 0.6 is 0 Å². The predicted molar refractivity (Wildman–Crippen MR) is 67.5 cm³/mol. The van der Waals surface area contributed by atoms with E-state index < -0.39 is 5.60 Å². The molecule has 1 saturated heterocycles. The van der Waals surface area contributed by atoms with Crippen molar-refractivity contribution in [3.8, 4) is 0 Å². The van der Waals surface area contributed by atoms with Crippen LogP contribution in [0.3, 0.4) is 0 Å². The highest BCUT2D eigenvalue weighted by molar-refractivity contribution is 5.68. The minimum absolute atomic E-state index is 0.187. The fraction of sp³-hybridized carbons (Fsp3) is 0.846. The number of rotatable bonds is 3. The second-order valence-corrected chi connectivity index (χ2v) is 5.29. The largest absolute Gasteiger partial charge is 0.444 e. The number of amides is 1. The lowest BCUT2D eigenvalue weighted by Crippen LogP contribution is -2.36. The summed E-state index contributed by atoms with van der Waals surface area (Å²) in [6.07, 6.45) is 2.14. The third-order valence-corrected chi connectivity index (χ3v) is 2.35. The molecule has 0 radical (unpaired) electrons. The van der Waals surface area contributed by atoms with Crippen molar-refractivity contribution < 1.29 is 23.9 Å². The summed E-state index contributed by atoms with van der Waals surface area (Å²) in [5.41, 5.74) is -0.417. The highest BCUT2D eigenvalue weighted by Gasteiger charge is 2.29. The fourth-order valence-electron chi connectivity index (χ4n) is 1.64. The minimum atomic E-state index is -0.417. The van der Waals surface area contributed by atoms with Gasteiger partial charge in [0.25, 0.3) is 0 Å². The van der Waals surface area contributed by atoms with Crippen molar-refractivity contribution >= 4 is 12.2 Å². The zero-order chi connectivity index (χ0) is 14.9. The first-order valence-corrected chi connectivity index (χ1v) is 6.42. The summed E-state index contributed by atoms with van der Waals surface area (Å²) in [6.45, 7) is 9.90. The third kappa shape index (κ3) is 8.35. The van der Waals surface area contributed by atoms with E-state index in [-0.39, 0.29) is 18.3 Å². The molecule has 0 bridgehead atoms. The first-order chi connectivity index (χ1) is 8.84. The van der Waals surface area contributed by atoms with E-state index in [9.17, 15) is 4.79 Å². The molecule has 110 valence electrons. The van der Waals surface area contributed by atoms with Gasteiger partial charge in [-0.2, -0.15) is 9.59 Å². The Morgan fingerprint density at radius 2 is 1.95 bits per heavy atom. The number of hydrogen-bond donors (Lipinski definition) is 0. The average molecular weight is 273 g/mol. The molecular formula is C13H23NO5. The maximum Gasteiger partial charge on any atom is 0.410 e. The molecule has 6 heteroatoms. The van der Waals surface area contributed by atoms with Crippen LogP contribution in [0, 0.1) is 0 Å². The summed E-state index contributed by atoms with van der Waals surface area (Å²) in [7, 11) is 0. The van der Waals surface area contributed by atoms with Gasteiger partial charge >= 0.3 is 12.2 Å². The molecule has 1 aliphatic rings. The Morgan fingerprint density at radius 3 is 2.42 bits per heavy atom. The van der Waals surface area contributed by atoms with Gasteiger partial charge in [-0.3, -0.25) is 0 Å². The Kier molecular flexibility index (Phi) is 8.03. The Bertz CT molecular complexity index is 305. The lowest BCUT2D eigenvalue weighted by atomic mass is 10.2. The van der Waals surface area contributed by atoms with E-state index in [0.29, 0.717) is 6.54 Å². The van der Waals surface area contributed by atoms with Crippen molar-refractivity contribution in [2.75, 3.05) is 19.7 Å². The lowest BCUT2D eigenvalue weighted by Gasteiger charge is -2.24. The Labute approximate surface area is 114 Å². The van der Waals surface area contributed by atoms with Crippen molar-refractivity contribution in [1.29, 1.82) is 0 Å². The molecule has 1 rings (SSSR count). The summed E-state index contributed by atoms with van der Waals surface area (Å²) in [5.74, 6) is 0. The molecule has 0 saturated carbocycles.